The summed E-state index contributed by atoms with van der Waals surface area (Å²) in [6, 6.07) is 5.90. The number of Topliss-reactive ketones (excluding diaryl/α,β-unsaturated/α-hetero) is 1. The summed E-state index contributed by atoms with van der Waals surface area (Å²) in [6.07, 6.45) is 0. The molecule has 1 N–H and O–H groups in total. The number of ketones is 1. The smallest absolute Gasteiger partial charge is 0.317 e. The molecule has 2 rings (SSSR count). The van der Waals surface area contributed by atoms with E-state index >= 15 is 0 Å². The molecule has 0 spiro atoms. The van der Waals surface area contributed by atoms with E-state index in [1.54, 1.807) is 17.0 Å². The molecule has 1 fully saturated rings. The van der Waals surface area contributed by atoms with Gasteiger partial charge in [-0.2, -0.15) is 4.31 Å². The molecule has 0 saturated carbocycles. The predicted molar refractivity (Wildman–Crippen MR) is 90.4 cm³/mol. The Balaban J connectivity index is 2.09. The van der Waals surface area contributed by atoms with Gasteiger partial charge in [0.1, 0.15) is 0 Å². The van der Waals surface area contributed by atoms with E-state index in [9.17, 15) is 18.0 Å². The van der Waals surface area contributed by atoms with Gasteiger partial charge in [0.05, 0.1) is 4.90 Å². The van der Waals surface area contributed by atoms with Crippen molar-refractivity contribution in [2.24, 2.45) is 0 Å². The van der Waals surface area contributed by atoms with Crippen LogP contribution in [0.3, 0.4) is 0 Å². The van der Waals surface area contributed by atoms with Gasteiger partial charge in [-0.3, -0.25) is 4.79 Å². The minimum atomic E-state index is -3.67. The SMILES string of the molecule is CC(=O)c1cccc(S(=O)(=O)N2CCN(C(=O)NC(C)C)CC2)c1. The first-order valence-electron chi connectivity index (χ1n) is 7.88. The van der Waals surface area contributed by atoms with E-state index in [2.05, 4.69) is 5.32 Å². The van der Waals surface area contributed by atoms with Crippen molar-refractivity contribution in [3.05, 3.63) is 29.8 Å². The average Bonchev–Trinajstić information content (AvgIpc) is 2.54. The van der Waals surface area contributed by atoms with E-state index in [-0.39, 0.29) is 35.8 Å². The van der Waals surface area contributed by atoms with Crippen molar-refractivity contribution in [2.75, 3.05) is 26.2 Å². The lowest BCUT2D eigenvalue weighted by Gasteiger charge is -2.34. The number of rotatable bonds is 4. The summed E-state index contributed by atoms with van der Waals surface area (Å²) in [7, 11) is -3.67. The lowest BCUT2D eigenvalue weighted by Crippen LogP contribution is -2.53. The number of sulfonamides is 1. The number of piperazine rings is 1. The minimum Gasteiger partial charge on any atom is -0.336 e. The first-order valence-corrected chi connectivity index (χ1v) is 9.32. The highest BCUT2D eigenvalue weighted by molar-refractivity contribution is 7.89. The van der Waals surface area contributed by atoms with Crippen molar-refractivity contribution in [1.29, 1.82) is 0 Å². The Hall–Kier alpha value is -1.93. The summed E-state index contributed by atoms with van der Waals surface area (Å²) in [5, 5.41) is 2.80. The second-order valence-electron chi connectivity index (χ2n) is 6.08. The van der Waals surface area contributed by atoms with Crippen LogP contribution in [0.5, 0.6) is 0 Å². The molecule has 1 aromatic carbocycles. The topological polar surface area (TPSA) is 86.8 Å². The lowest BCUT2D eigenvalue weighted by molar-refractivity contribution is 0.101. The molecule has 0 radical (unpaired) electrons. The van der Waals surface area contributed by atoms with Gasteiger partial charge in [-0.15, -0.1) is 0 Å². The van der Waals surface area contributed by atoms with Crippen LogP contribution in [0.2, 0.25) is 0 Å². The number of carbonyl (C=O) groups excluding carboxylic acids is 2. The number of benzene rings is 1. The molecule has 1 saturated heterocycles. The maximum atomic E-state index is 12.7. The van der Waals surface area contributed by atoms with E-state index in [0.717, 1.165) is 0 Å². The highest BCUT2D eigenvalue weighted by Crippen LogP contribution is 2.19. The second-order valence-corrected chi connectivity index (χ2v) is 8.02. The molecule has 0 bridgehead atoms. The van der Waals surface area contributed by atoms with E-state index in [0.29, 0.717) is 18.7 Å². The zero-order valence-electron chi connectivity index (χ0n) is 14.2. The van der Waals surface area contributed by atoms with Crippen LogP contribution < -0.4 is 5.32 Å². The Labute approximate surface area is 142 Å². The quantitative estimate of drug-likeness (QED) is 0.827. The zero-order chi connectivity index (χ0) is 17.9. The normalized spacial score (nSPS) is 16.2. The fourth-order valence-corrected chi connectivity index (χ4v) is 3.96. The van der Waals surface area contributed by atoms with Crippen LogP contribution in [0.25, 0.3) is 0 Å². The third-order valence-corrected chi connectivity index (χ3v) is 5.71. The fraction of sp³-hybridized carbons (Fsp3) is 0.500. The van der Waals surface area contributed by atoms with Crippen molar-refractivity contribution < 1.29 is 18.0 Å². The van der Waals surface area contributed by atoms with Gasteiger partial charge < -0.3 is 10.2 Å². The summed E-state index contributed by atoms with van der Waals surface area (Å²) in [4.78, 5) is 25.1. The van der Waals surface area contributed by atoms with Crippen molar-refractivity contribution in [2.45, 2.75) is 31.7 Å². The highest BCUT2D eigenvalue weighted by Gasteiger charge is 2.30. The fourth-order valence-electron chi connectivity index (χ4n) is 2.49. The Morgan fingerprint density at radius 3 is 2.29 bits per heavy atom. The Bertz CT molecular complexity index is 723. The van der Waals surface area contributed by atoms with Gasteiger partial charge in [0, 0.05) is 37.8 Å². The van der Waals surface area contributed by atoms with Crippen LogP contribution >= 0.6 is 0 Å². The van der Waals surface area contributed by atoms with Crippen molar-refractivity contribution in [3.63, 3.8) is 0 Å². The molecule has 7 nitrogen and oxygen atoms in total. The standard InChI is InChI=1S/C16H23N3O4S/c1-12(2)17-16(21)18-7-9-19(10-8-18)24(22,23)15-6-4-5-14(11-15)13(3)20/h4-6,11-12H,7-10H2,1-3H3,(H,17,21). The highest BCUT2D eigenvalue weighted by atomic mass is 32.2. The van der Waals surface area contributed by atoms with Gasteiger partial charge in [-0.1, -0.05) is 12.1 Å². The third kappa shape index (κ3) is 4.12. The van der Waals surface area contributed by atoms with Gasteiger partial charge >= 0.3 is 6.03 Å². The second kappa shape index (κ2) is 7.31. The first-order chi connectivity index (χ1) is 11.2. The molecule has 2 amide bonds. The number of urea groups is 1. The van der Waals surface area contributed by atoms with Crippen LogP contribution in [0, 0.1) is 0 Å². The molecule has 0 aliphatic carbocycles. The number of hydrogen-bond acceptors (Lipinski definition) is 4. The molecular formula is C16H23N3O4S. The summed E-state index contributed by atoms with van der Waals surface area (Å²) >= 11 is 0. The van der Waals surface area contributed by atoms with Crippen LogP contribution in [0.15, 0.2) is 29.2 Å². The largest absolute Gasteiger partial charge is 0.336 e. The molecule has 1 aliphatic rings. The molecular weight excluding hydrogens is 330 g/mol. The van der Waals surface area contributed by atoms with E-state index in [4.69, 9.17) is 0 Å². The summed E-state index contributed by atoms with van der Waals surface area (Å²) in [5.41, 5.74) is 0.367. The van der Waals surface area contributed by atoms with Gasteiger partial charge in [0.2, 0.25) is 10.0 Å². The number of hydrogen-bond donors (Lipinski definition) is 1. The molecule has 0 aromatic heterocycles. The maximum Gasteiger partial charge on any atom is 0.317 e. The van der Waals surface area contributed by atoms with E-state index in [1.807, 2.05) is 13.8 Å². The predicted octanol–water partition coefficient (Wildman–Crippen LogP) is 1.31. The van der Waals surface area contributed by atoms with Crippen molar-refractivity contribution in [1.82, 2.24) is 14.5 Å². The van der Waals surface area contributed by atoms with Crippen LogP contribution in [-0.4, -0.2) is 61.7 Å². The molecule has 1 heterocycles. The molecule has 1 aromatic rings. The third-order valence-electron chi connectivity index (χ3n) is 3.82. The summed E-state index contributed by atoms with van der Waals surface area (Å²) < 4.78 is 26.8. The molecule has 8 heteroatoms. The van der Waals surface area contributed by atoms with E-state index < -0.39 is 10.0 Å². The van der Waals surface area contributed by atoms with E-state index in [1.165, 1.54) is 23.4 Å². The monoisotopic (exact) mass is 353 g/mol. The van der Waals surface area contributed by atoms with Gasteiger partial charge in [0.15, 0.2) is 5.78 Å². The van der Waals surface area contributed by atoms with Crippen LogP contribution in [0.1, 0.15) is 31.1 Å². The molecule has 0 atom stereocenters. The van der Waals surface area contributed by atoms with Crippen molar-refractivity contribution in [3.8, 4) is 0 Å². The van der Waals surface area contributed by atoms with Gasteiger partial charge in [0.25, 0.3) is 0 Å². The molecule has 1 aliphatic heterocycles. The summed E-state index contributed by atoms with van der Waals surface area (Å²) in [5.74, 6) is -0.178. The number of carbonyl (C=O) groups is 2. The van der Waals surface area contributed by atoms with Crippen LogP contribution in [0.4, 0.5) is 4.79 Å². The maximum absolute atomic E-state index is 12.7. The number of nitrogens with zero attached hydrogens (tertiary/aromatic N) is 2. The number of amides is 2. The Morgan fingerprint density at radius 1 is 1.12 bits per heavy atom. The van der Waals surface area contributed by atoms with Gasteiger partial charge in [-0.05, 0) is 32.9 Å². The molecule has 24 heavy (non-hydrogen) atoms. The van der Waals surface area contributed by atoms with Crippen LogP contribution in [-0.2, 0) is 10.0 Å². The Kier molecular flexibility index (Phi) is 5.61. The Morgan fingerprint density at radius 2 is 1.75 bits per heavy atom. The van der Waals surface area contributed by atoms with Crippen molar-refractivity contribution >= 4 is 21.8 Å². The molecule has 0 unspecified atom stereocenters. The number of nitrogens with one attached hydrogen (secondary N) is 1. The average molecular weight is 353 g/mol. The first kappa shape index (κ1) is 18.4. The van der Waals surface area contributed by atoms with Gasteiger partial charge in [-0.25, -0.2) is 13.2 Å². The summed E-state index contributed by atoms with van der Waals surface area (Å²) in [6.45, 7) is 6.30. The zero-order valence-corrected chi connectivity index (χ0v) is 15.0. The minimum absolute atomic E-state index is 0.0357. The lowest BCUT2D eigenvalue weighted by atomic mass is 10.2. The molecule has 132 valence electrons.